The number of benzene rings is 1. The number of aromatic nitrogens is 1. The highest BCUT2D eigenvalue weighted by Crippen LogP contribution is 2.23. The fourth-order valence-electron chi connectivity index (χ4n) is 3.58. The summed E-state index contributed by atoms with van der Waals surface area (Å²) in [7, 11) is 1.52. The smallest absolute Gasteiger partial charge is 0.407 e. The van der Waals surface area contributed by atoms with Gasteiger partial charge in [0.25, 0.3) is 11.8 Å². The lowest BCUT2D eigenvalue weighted by atomic mass is 9.96. The molecule has 1 fully saturated rings. The molecule has 32 heavy (non-hydrogen) atoms. The van der Waals surface area contributed by atoms with Crippen LogP contribution in [-0.4, -0.2) is 72.3 Å². The highest BCUT2D eigenvalue weighted by molar-refractivity contribution is 5.98. The summed E-state index contributed by atoms with van der Waals surface area (Å²) >= 11 is 0. The van der Waals surface area contributed by atoms with Gasteiger partial charge in [0.15, 0.2) is 0 Å². The number of amides is 3. The molecule has 3 N–H and O–H groups in total. The van der Waals surface area contributed by atoms with Crippen LogP contribution in [0.2, 0.25) is 0 Å². The van der Waals surface area contributed by atoms with Crippen LogP contribution in [0.25, 0.3) is 0 Å². The summed E-state index contributed by atoms with van der Waals surface area (Å²) in [6, 6.07) is 12.9. The van der Waals surface area contributed by atoms with Gasteiger partial charge >= 0.3 is 6.09 Å². The van der Waals surface area contributed by atoms with Crippen LogP contribution >= 0.6 is 0 Å². The zero-order valence-corrected chi connectivity index (χ0v) is 18.2. The summed E-state index contributed by atoms with van der Waals surface area (Å²) in [5, 5.41) is 14.5. The number of carboxylic acid groups (broad SMARTS) is 1. The molecule has 9 nitrogen and oxygen atoms in total. The van der Waals surface area contributed by atoms with Crippen molar-refractivity contribution in [3.8, 4) is 0 Å². The molecule has 1 saturated heterocycles. The maximum atomic E-state index is 12.8. The summed E-state index contributed by atoms with van der Waals surface area (Å²) in [6.45, 7) is 3.26. The molecule has 3 rings (SSSR count). The Labute approximate surface area is 186 Å². The second-order valence-corrected chi connectivity index (χ2v) is 7.64. The van der Waals surface area contributed by atoms with E-state index in [4.69, 9.17) is 9.84 Å². The first-order valence-electron chi connectivity index (χ1n) is 10.6. The molecule has 9 heteroatoms. The van der Waals surface area contributed by atoms with Crippen LogP contribution in [0.1, 0.15) is 51.4 Å². The Balaban J connectivity index is 1.70. The van der Waals surface area contributed by atoms with E-state index in [2.05, 4.69) is 15.6 Å². The standard InChI is InChI=1S/C23H28N4O5/c1-15(16-6-4-3-5-7-16)19-12-17(13-20(26-19)22(29)24-2)21(28)25-9-8-18-14-27(23(30)31)10-11-32-18/h3-7,12-13,15,18H,8-11,14H2,1-2H3,(H,24,29)(H,25,28)(H,30,31). The number of rotatable bonds is 7. The normalized spacial score (nSPS) is 16.8. The van der Waals surface area contributed by atoms with Crippen molar-refractivity contribution in [1.82, 2.24) is 20.5 Å². The molecule has 2 atom stereocenters. The third-order valence-electron chi connectivity index (χ3n) is 5.47. The third kappa shape index (κ3) is 5.82. The predicted octanol–water partition coefficient (Wildman–Crippen LogP) is 2.09. The van der Waals surface area contributed by atoms with Crippen molar-refractivity contribution in [3.63, 3.8) is 0 Å². The van der Waals surface area contributed by atoms with Crippen LogP contribution in [0.5, 0.6) is 0 Å². The largest absolute Gasteiger partial charge is 0.465 e. The van der Waals surface area contributed by atoms with E-state index in [1.807, 2.05) is 37.3 Å². The zero-order chi connectivity index (χ0) is 23.1. The lowest BCUT2D eigenvalue weighted by Crippen LogP contribution is -2.46. The molecule has 2 heterocycles. The minimum atomic E-state index is -0.971. The number of pyridine rings is 1. The number of nitrogens with zero attached hydrogens (tertiary/aromatic N) is 2. The van der Waals surface area contributed by atoms with Crippen molar-refractivity contribution in [3.05, 3.63) is 65.0 Å². The highest BCUT2D eigenvalue weighted by Gasteiger charge is 2.24. The van der Waals surface area contributed by atoms with E-state index < -0.39 is 6.09 Å². The first-order valence-corrected chi connectivity index (χ1v) is 10.6. The number of ether oxygens (including phenoxy) is 1. The first-order chi connectivity index (χ1) is 15.4. The van der Waals surface area contributed by atoms with Crippen LogP contribution in [0, 0.1) is 0 Å². The molecule has 1 aromatic heterocycles. The number of nitrogens with one attached hydrogen (secondary N) is 2. The Morgan fingerprint density at radius 2 is 1.97 bits per heavy atom. The van der Waals surface area contributed by atoms with Crippen molar-refractivity contribution in [1.29, 1.82) is 0 Å². The summed E-state index contributed by atoms with van der Waals surface area (Å²) in [5.74, 6) is -0.805. The number of hydrogen-bond donors (Lipinski definition) is 3. The molecule has 0 spiro atoms. The highest BCUT2D eigenvalue weighted by atomic mass is 16.5. The molecule has 0 bridgehead atoms. The van der Waals surface area contributed by atoms with Gasteiger partial charge in [-0.05, 0) is 24.1 Å². The van der Waals surface area contributed by atoms with Gasteiger partial charge in [0.1, 0.15) is 5.69 Å². The van der Waals surface area contributed by atoms with E-state index in [-0.39, 0.29) is 36.1 Å². The number of carbonyl (C=O) groups excluding carboxylic acids is 2. The van der Waals surface area contributed by atoms with Crippen molar-refractivity contribution in [2.45, 2.75) is 25.4 Å². The van der Waals surface area contributed by atoms with E-state index in [9.17, 15) is 14.4 Å². The summed E-state index contributed by atoms with van der Waals surface area (Å²) < 4.78 is 5.59. The molecule has 0 aliphatic carbocycles. The quantitative estimate of drug-likeness (QED) is 0.606. The Hall–Kier alpha value is -3.46. The Morgan fingerprint density at radius 3 is 2.66 bits per heavy atom. The van der Waals surface area contributed by atoms with Gasteiger partial charge in [-0.25, -0.2) is 9.78 Å². The van der Waals surface area contributed by atoms with E-state index in [1.165, 1.54) is 18.0 Å². The minimum absolute atomic E-state index is 0.106. The second kappa shape index (κ2) is 10.7. The maximum absolute atomic E-state index is 12.8. The lowest BCUT2D eigenvalue weighted by molar-refractivity contribution is -0.0247. The molecule has 170 valence electrons. The Bertz CT molecular complexity index is 966. The van der Waals surface area contributed by atoms with Gasteiger partial charge < -0.3 is 25.4 Å². The first kappa shape index (κ1) is 23.2. The predicted molar refractivity (Wildman–Crippen MR) is 118 cm³/mol. The van der Waals surface area contributed by atoms with Crippen LogP contribution in [0.3, 0.4) is 0 Å². The van der Waals surface area contributed by atoms with Gasteiger partial charge in [-0.3, -0.25) is 9.59 Å². The number of carbonyl (C=O) groups is 3. The van der Waals surface area contributed by atoms with Gasteiger partial charge in [-0.15, -0.1) is 0 Å². The minimum Gasteiger partial charge on any atom is -0.465 e. The van der Waals surface area contributed by atoms with Gasteiger partial charge in [0, 0.05) is 37.3 Å². The fourth-order valence-corrected chi connectivity index (χ4v) is 3.58. The summed E-state index contributed by atoms with van der Waals surface area (Å²) in [6.07, 6.45) is -0.760. The molecule has 1 aliphatic rings. The van der Waals surface area contributed by atoms with Crippen LogP contribution in [0.4, 0.5) is 4.79 Å². The number of hydrogen-bond acceptors (Lipinski definition) is 5. The van der Waals surface area contributed by atoms with Crippen LogP contribution < -0.4 is 10.6 Å². The van der Waals surface area contributed by atoms with Crippen LogP contribution in [-0.2, 0) is 4.74 Å². The van der Waals surface area contributed by atoms with Gasteiger partial charge in [-0.1, -0.05) is 37.3 Å². The molecular formula is C23H28N4O5. The average Bonchev–Trinajstić information content (AvgIpc) is 2.83. The lowest BCUT2D eigenvalue weighted by Gasteiger charge is -2.31. The van der Waals surface area contributed by atoms with Gasteiger partial charge in [0.05, 0.1) is 19.3 Å². The zero-order valence-electron chi connectivity index (χ0n) is 18.2. The topological polar surface area (TPSA) is 121 Å². The SMILES string of the molecule is CNC(=O)c1cc(C(=O)NCCC2CN(C(=O)O)CCO2)cc(C(C)c2ccccc2)n1. The molecular weight excluding hydrogens is 412 g/mol. The molecule has 1 aliphatic heterocycles. The van der Waals surface area contributed by atoms with Crippen molar-refractivity contribution in [2.75, 3.05) is 33.3 Å². The van der Waals surface area contributed by atoms with E-state index >= 15 is 0 Å². The van der Waals surface area contributed by atoms with Crippen molar-refractivity contribution in [2.24, 2.45) is 0 Å². The van der Waals surface area contributed by atoms with E-state index in [0.29, 0.717) is 37.4 Å². The van der Waals surface area contributed by atoms with Crippen molar-refractivity contribution < 1.29 is 24.2 Å². The Kier molecular flexibility index (Phi) is 7.77. The second-order valence-electron chi connectivity index (χ2n) is 7.64. The fraction of sp³-hybridized carbons (Fsp3) is 0.391. The molecule has 2 aromatic rings. The number of morpholine rings is 1. The third-order valence-corrected chi connectivity index (χ3v) is 5.47. The molecule has 0 saturated carbocycles. The van der Waals surface area contributed by atoms with E-state index in [1.54, 1.807) is 6.07 Å². The molecule has 1 aromatic carbocycles. The van der Waals surface area contributed by atoms with E-state index in [0.717, 1.165) is 5.56 Å². The summed E-state index contributed by atoms with van der Waals surface area (Å²) in [4.78, 5) is 42.0. The molecule has 3 amide bonds. The van der Waals surface area contributed by atoms with Gasteiger partial charge in [0.2, 0.25) is 0 Å². The van der Waals surface area contributed by atoms with Crippen molar-refractivity contribution >= 4 is 17.9 Å². The summed E-state index contributed by atoms with van der Waals surface area (Å²) in [5.41, 5.74) is 2.16. The van der Waals surface area contributed by atoms with Gasteiger partial charge in [-0.2, -0.15) is 0 Å². The monoisotopic (exact) mass is 440 g/mol. The maximum Gasteiger partial charge on any atom is 0.407 e. The van der Waals surface area contributed by atoms with Crippen LogP contribution in [0.15, 0.2) is 42.5 Å². The Morgan fingerprint density at radius 1 is 1.22 bits per heavy atom. The average molecular weight is 441 g/mol. The molecule has 2 unspecified atom stereocenters. The molecule has 0 radical (unpaired) electrons.